The Morgan fingerprint density at radius 1 is 0.556 bits per heavy atom. The Bertz CT molecular complexity index is 1620. The van der Waals surface area contributed by atoms with E-state index in [2.05, 4.69) is 95.2 Å². The van der Waals surface area contributed by atoms with Crippen molar-refractivity contribution >= 4 is 59.5 Å². The van der Waals surface area contributed by atoms with Gasteiger partial charge in [-0.2, -0.15) is 0 Å². The maximum Gasteiger partial charge on any atom is 0.494 e. The maximum atomic E-state index is 15.0. The fraction of sp³-hybridized carbons (Fsp3) is 0.636. The van der Waals surface area contributed by atoms with Crippen LogP contribution in [-0.2, 0) is 28.2 Å². The van der Waals surface area contributed by atoms with Gasteiger partial charge in [0.05, 0.1) is 44.9 Å². The molecule has 2 saturated heterocycles. The number of hydrogen-bond donors (Lipinski definition) is 0. The smallest absolute Gasteiger partial charge is 0.399 e. The predicted octanol–water partition coefficient (Wildman–Crippen LogP) is 8.32. The second-order valence-electron chi connectivity index (χ2n) is 18.1. The normalized spacial score (nSPS) is 23.4. The minimum Gasteiger partial charge on any atom is -0.399 e. The van der Waals surface area contributed by atoms with E-state index >= 15 is 9.59 Å². The molecule has 0 aromatic heterocycles. The van der Waals surface area contributed by atoms with Crippen molar-refractivity contribution in [3.05, 3.63) is 47.5 Å². The van der Waals surface area contributed by atoms with Gasteiger partial charge in [-0.15, -0.1) is 0 Å². The fourth-order valence-electron chi connectivity index (χ4n) is 8.13. The number of carbonyl (C=O) groups excluding carboxylic acids is 2. The summed E-state index contributed by atoms with van der Waals surface area (Å²) in [6.45, 7) is 26.4. The molecule has 8 nitrogen and oxygen atoms in total. The van der Waals surface area contributed by atoms with Crippen LogP contribution in [0.1, 0.15) is 146 Å². The van der Waals surface area contributed by atoms with Crippen molar-refractivity contribution in [3.8, 4) is 0 Å². The third-order valence-corrected chi connectivity index (χ3v) is 13.4. The quantitative estimate of drug-likeness (QED) is 0.143. The second-order valence-corrected chi connectivity index (χ2v) is 18.1. The summed E-state index contributed by atoms with van der Waals surface area (Å²) in [5.74, 6) is 0.437. The number of unbranched alkanes of at least 4 members (excludes halogenated alkanes) is 2. The molecule has 292 valence electrons. The molecule has 0 spiro atoms. The molecule has 2 fully saturated rings. The number of amides is 2. The number of carbonyl (C=O) groups is 2. The molecule has 4 heterocycles. The van der Waals surface area contributed by atoms with E-state index in [4.69, 9.17) is 18.6 Å². The molecular formula is C44H64B2N2O6. The molecule has 0 N–H and O–H groups in total. The summed E-state index contributed by atoms with van der Waals surface area (Å²) in [7, 11) is -1.13. The SMILES string of the molecule is CCCCC(CC)CN1C(=O)C(=C2C(=O)N(CC(CC)CCCC)c3cc(B4OC(C)(C)C(C)(C)O4)ccc32)c2ccc(B3OC(C)(C)C(C)(C)O3)cc21. The van der Waals surface area contributed by atoms with Gasteiger partial charge in [0.25, 0.3) is 11.8 Å². The Hall–Kier alpha value is -2.91. The van der Waals surface area contributed by atoms with Crippen LogP contribution in [0.15, 0.2) is 36.4 Å². The maximum absolute atomic E-state index is 15.0. The van der Waals surface area contributed by atoms with Crippen LogP contribution in [0, 0.1) is 11.8 Å². The molecule has 0 saturated carbocycles. The zero-order chi connectivity index (χ0) is 39.4. The lowest BCUT2D eigenvalue weighted by Gasteiger charge is -2.32. The van der Waals surface area contributed by atoms with Crippen LogP contribution in [0.4, 0.5) is 11.4 Å². The lowest BCUT2D eigenvalue weighted by atomic mass is 9.77. The first-order chi connectivity index (χ1) is 25.4. The molecule has 4 aliphatic heterocycles. The highest BCUT2D eigenvalue weighted by atomic mass is 16.7. The van der Waals surface area contributed by atoms with Crippen molar-refractivity contribution in [1.29, 1.82) is 0 Å². The largest absolute Gasteiger partial charge is 0.494 e. The first-order valence-corrected chi connectivity index (χ1v) is 20.8. The minimum absolute atomic E-state index is 0.116. The van der Waals surface area contributed by atoms with Crippen LogP contribution >= 0.6 is 0 Å². The van der Waals surface area contributed by atoms with Crippen molar-refractivity contribution in [1.82, 2.24) is 0 Å². The van der Waals surface area contributed by atoms with Gasteiger partial charge >= 0.3 is 14.2 Å². The molecule has 0 bridgehead atoms. The van der Waals surface area contributed by atoms with Crippen LogP contribution in [0.3, 0.4) is 0 Å². The van der Waals surface area contributed by atoms with Gasteiger partial charge in [0.15, 0.2) is 0 Å². The van der Waals surface area contributed by atoms with E-state index in [9.17, 15) is 0 Å². The molecule has 2 unspecified atom stereocenters. The molecule has 6 rings (SSSR count). The van der Waals surface area contributed by atoms with Crippen LogP contribution in [0.25, 0.3) is 11.1 Å². The van der Waals surface area contributed by atoms with Crippen LogP contribution in [-0.4, -0.2) is 61.5 Å². The van der Waals surface area contributed by atoms with Crippen molar-refractivity contribution in [3.63, 3.8) is 0 Å². The number of rotatable bonds is 14. The summed E-state index contributed by atoms with van der Waals surface area (Å²) >= 11 is 0. The Kier molecular flexibility index (Phi) is 11.5. The number of hydrogen-bond acceptors (Lipinski definition) is 6. The van der Waals surface area contributed by atoms with E-state index in [0.717, 1.165) is 84.8 Å². The van der Waals surface area contributed by atoms with Crippen molar-refractivity contribution in [2.45, 2.75) is 157 Å². The van der Waals surface area contributed by atoms with Gasteiger partial charge in [0.2, 0.25) is 0 Å². The van der Waals surface area contributed by atoms with Crippen LogP contribution < -0.4 is 20.7 Å². The monoisotopic (exact) mass is 738 g/mol. The number of anilines is 2. The van der Waals surface area contributed by atoms with Gasteiger partial charge in [-0.25, -0.2) is 0 Å². The topological polar surface area (TPSA) is 77.5 Å². The predicted molar refractivity (Wildman–Crippen MR) is 222 cm³/mol. The van der Waals surface area contributed by atoms with Crippen molar-refractivity contribution in [2.24, 2.45) is 11.8 Å². The summed E-state index contributed by atoms with van der Waals surface area (Å²) in [5, 5.41) is 0. The average Bonchev–Trinajstić information content (AvgIpc) is 3.71. The second kappa shape index (κ2) is 15.2. The highest BCUT2D eigenvalue weighted by Crippen LogP contribution is 2.48. The zero-order valence-electron chi connectivity index (χ0n) is 35.2. The number of fused-ring (bicyclic) bond motifs is 2. The molecular weight excluding hydrogens is 674 g/mol. The van der Waals surface area contributed by atoms with Gasteiger partial charge in [-0.3, -0.25) is 9.59 Å². The Morgan fingerprint density at radius 3 is 1.19 bits per heavy atom. The lowest BCUT2D eigenvalue weighted by molar-refractivity contribution is -0.114. The fourth-order valence-corrected chi connectivity index (χ4v) is 8.13. The van der Waals surface area contributed by atoms with E-state index in [1.807, 2.05) is 34.1 Å². The molecule has 2 aromatic carbocycles. The summed E-state index contributed by atoms with van der Waals surface area (Å²) in [6.07, 6.45) is 8.45. The lowest BCUT2D eigenvalue weighted by Crippen LogP contribution is -2.41. The molecule has 10 heteroatoms. The van der Waals surface area contributed by atoms with Gasteiger partial charge in [0, 0.05) is 24.2 Å². The Balaban J connectivity index is 1.49. The van der Waals surface area contributed by atoms with Crippen LogP contribution in [0.5, 0.6) is 0 Å². The first-order valence-electron chi connectivity index (χ1n) is 20.8. The number of nitrogens with zero attached hydrogens (tertiary/aromatic N) is 2. The van der Waals surface area contributed by atoms with E-state index in [-0.39, 0.29) is 11.8 Å². The van der Waals surface area contributed by atoms with Crippen molar-refractivity contribution in [2.75, 3.05) is 22.9 Å². The molecule has 54 heavy (non-hydrogen) atoms. The standard InChI is InChI=1S/C44H64B2N2O6/c1-13-17-19-29(15-3)27-47-35-25-31(45-51-41(5,6)42(7,8)52-45)21-23-33(35)37(39(47)49)38-34-24-22-32(46-53-43(9,10)44(11,12)54-46)26-36(34)48(40(38)50)28-30(16-4)20-18-14-2/h21-26,29-30H,13-20,27-28H2,1-12H3. The highest BCUT2D eigenvalue weighted by Gasteiger charge is 2.54. The van der Waals surface area contributed by atoms with Gasteiger partial charge in [-0.1, -0.05) is 90.5 Å². The van der Waals surface area contributed by atoms with Crippen molar-refractivity contribution < 1.29 is 28.2 Å². The zero-order valence-corrected chi connectivity index (χ0v) is 35.2. The van der Waals surface area contributed by atoms with E-state index in [1.54, 1.807) is 0 Å². The van der Waals surface area contributed by atoms with Gasteiger partial charge in [0.1, 0.15) is 0 Å². The summed E-state index contributed by atoms with van der Waals surface area (Å²) < 4.78 is 25.9. The Morgan fingerprint density at radius 2 is 0.889 bits per heavy atom. The molecule has 0 aliphatic carbocycles. The Labute approximate surface area is 326 Å². The third kappa shape index (κ3) is 7.26. The number of benzene rings is 2. The van der Waals surface area contributed by atoms with Gasteiger partial charge in [-0.05, 0) is 103 Å². The van der Waals surface area contributed by atoms with Crippen LogP contribution in [0.2, 0.25) is 0 Å². The molecule has 2 atom stereocenters. The molecule has 2 aromatic rings. The van der Waals surface area contributed by atoms with E-state index in [0.29, 0.717) is 36.1 Å². The summed E-state index contributed by atoms with van der Waals surface area (Å²) in [6, 6.07) is 12.1. The summed E-state index contributed by atoms with van der Waals surface area (Å²) in [5.41, 5.74) is 3.92. The average molecular weight is 739 g/mol. The van der Waals surface area contributed by atoms with E-state index in [1.165, 1.54) is 0 Å². The molecule has 2 amide bonds. The molecule has 0 radical (unpaired) electrons. The third-order valence-electron chi connectivity index (χ3n) is 13.4. The highest BCUT2D eigenvalue weighted by molar-refractivity contribution is 6.63. The van der Waals surface area contributed by atoms with Gasteiger partial charge < -0.3 is 28.4 Å². The minimum atomic E-state index is -0.567. The summed E-state index contributed by atoms with van der Waals surface area (Å²) in [4.78, 5) is 33.9. The molecule has 4 aliphatic rings. The van der Waals surface area contributed by atoms with E-state index < -0.39 is 36.6 Å². The first kappa shape index (κ1) is 40.7.